The molecule has 0 unspecified atom stereocenters. The maximum Gasteiger partial charge on any atom is 0.325 e. The van der Waals surface area contributed by atoms with E-state index >= 15 is 0 Å². The van der Waals surface area contributed by atoms with Crippen LogP contribution in [0, 0.1) is 17.1 Å². The highest BCUT2D eigenvalue weighted by molar-refractivity contribution is 6.30. The van der Waals surface area contributed by atoms with Gasteiger partial charge in [-0.25, -0.2) is 4.39 Å². The monoisotopic (exact) mass is 369 g/mol. The van der Waals surface area contributed by atoms with Crippen LogP contribution >= 0.6 is 11.6 Å². The normalized spacial score (nSPS) is 11.8. The molecule has 0 atom stereocenters. The Morgan fingerprint density at radius 2 is 1.52 bits per heavy atom. The van der Waals surface area contributed by atoms with E-state index in [1.54, 1.807) is 41.5 Å². The van der Waals surface area contributed by atoms with Crippen molar-refractivity contribution >= 4 is 23.5 Å². The highest BCUT2D eigenvalue weighted by atomic mass is 35.5. The van der Waals surface area contributed by atoms with Crippen LogP contribution in [-0.2, 0) is 19.1 Å². The molecule has 0 aromatic heterocycles. The molecule has 0 saturated carbocycles. The van der Waals surface area contributed by atoms with Gasteiger partial charge in [-0.1, -0.05) is 11.6 Å². The number of carbonyl (C=O) groups is 2. The molecule has 0 amide bonds. The van der Waals surface area contributed by atoms with Crippen molar-refractivity contribution in [2.45, 2.75) is 58.7 Å². The minimum absolute atomic E-state index is 0.104. The number of carbonyl (C=O) groups excluding carboxylic acids is 2. The molecule has 25 heavy (non-hydrogen) atoms. The van der Waals surface area contributed by atoms with Gasteiger partial charge in [0.1, 0.15) is 17.0 Å². The molecule has 1 rings (SSSR count). The fraction of sp³-hybridized carbons (Fsp3) is 0.500. The van der Waals surface area contributed by atoms with E-state index in [1.165, 1.54) is 0 Å². The summed E-state index contributed by atoms with van der Waals surface area (Å²) in [5.74, 6) is -4.31. The number of ether oxygens (including phenoxy) is 2. The first-order valence-electron chi connectivity index (χ1n) is 7.60. The second kappa shape index (κ2) is 7.40. The molecule has 0 saturated heterocycles. The van der Waals surface area contributed by atoms with E-state index in [2.05, 4.69) is 0 Å². The molecular weight excluding hydrogens is 349 g/mol. The van der Waals surface area contributed by atoms with Crippen LogP contribution in [0.2, 0.25) is 5.02 Å². The lowest BCUT2D eigenvalue weighted by Gasteiger charge is -2.26. The van der Waals surface area contributed by atoms with Gasteiger partial charge in [-0.15, -0.1) is 0 Å². The Balaban J connectivity index is 3.47. The zero-order valence-electron chi connectivity index (χ0n) is 15.1. The Bertz CT molecular complexity index is 698. The van der Waals surface area contributed by atoms with Gasteiger partial charge in [-0.05, 0) is 59.2 Å². The first-order valence-corrected chi connectivity index (χ1v) is 7.98. The SMILES string of the molecule is CC(C)(C)OC(=O)C(C(=O)OC(C)(C)C)c1cc(F)c(Cl)cc1C#N. The van der Waals surface area contributed by atoms with E-state index in [1.807, 2.05) is 6.07 Å². The third-order valence-corrected chi connectivity index (χ3v) is 3.10. The van der Waals surface area contributed by atoms with Crippen molar-refractivity contribution in [3.63, 3.8) is 0 Å². The molecule has 0 aliphatic rings. The second-order valence-electron chi connectivity index (χ2n) is 7.47. The lowest BCUT2D eigenvalue weighted by Crippen LogP contribution is -2.36. The van der Waals surface area contributed by atoms with Crippen LogP contribution in [-0.4, -0.2) is 23.1 Å². The first kappa shape index (κ1) is 20.9. The number of benzene rings is 1. The van der Waals surface area contributed by atoms with E-state index in [9.17, 15) is 19.2 Å². The van der Waals surface area contributed by atoms with Gasteiger partial charge in [0.25, 0.3) is 0 Å². The molecule has 0 aliphatic heterocycles. The molecule has 0 bridgehead atoms. The van der Waals surface area contributed by atoms with E-state index < -0.39 is 34.9 Å². The zero-order valence-corrected chi connectivity index (χ0v) is 15.8. The van der Waals surface area contributed by atoms with Crippen LogP contribution < -0.4 is 0 Å². The fourth-order valence-electron chi connectivity index (χ4n) is 1.97. The third-order valence-electron chi connectivity index (χ3n) is 2.81. The summed E-state index contributed by atoms with van der Waals surface area (Å²) in [5, 5.41) is 8.99. The van der Waals surface area contributed by atoms with Crippen molar-refractivity contribution in [2.24, 2.45) is 0 Å². The van der Waals surface area contributed by atoms with Gasteiger partial charge in [0.15, 0.2) is 5.92 Å². The number of hydrogen-bond donors (Lipinski definition) is 0. The summed E-state index contributed by atoms with van der Waals surface area (Å²) in [4.78, 5) is 25.1. The molecule has 0 aliphatic carbocycles. The molecule has 136 valence electrons. The second-order valence-corrected chi connectivity index (χ2v) is 7.87. The van der Waals surface area contributed by atoms with Gasteiger partial charge in [0.2, 0.25) is 0 Å². The predicted molar refractivity (Wildman–Crippen MR) is 90.6 cm³/mol. The fourth-order valence-corrected chi connectivity index (χ4v) is 2.13. The molecule has 5 nitrogen and oxygen atoms in total. The molecule has 7 heteroatoms. The van der Waals surface area contributed by atoms with Gasteiger partial charge < -0.3 is 9.47 Å². The molecule has 0 N–H and O–H groups in total. The summed E-state index contributed by atoms with van der Waals surface area (Å²) in [6.45, 7) is 9.78. The van der Waals surface area contributed by atoms with Gasteiger partial charge in [0.05, 0.1) is 16.7 Å². The number of halogens is 2. The lowest BCUT2D eigenvalue weighted by atomic mass is 9.93. The summed E-state index contributed by atoms with van der Waals surface area (Å²) in [7, 11) is 0. The average molecular weight is 370 g/mol. The van der Waals surface area contributed by atoms with Crippen LogP contribution in [0.3, 0.4) is 0 Å². The Hall–Kier alpha value is -2.13. The zero-order chi connectivity index (χ0) is 19.6. The molecule has 1 aromatic rings. The van der Waals surface area contributed by atoms with Crippen molar-refractivity contribution in [2.75, 3.05) is 0 Å². The van der Waals surface area contributed by atoms with Crippen molar-refractivity contribution in [3.05, 3.63) is 34.1 Å². The number of nitriles is 1. The van der Waals surface area contributed by atoms with Crippen LogP contribution in [0.5, 0.6) is 0 Å². The van der Waals surface area contributed by atoms with Crippen LogP contribution in [0.1, 0.15) is 58.6 Å². The van der Waals surface area contributed by atoms with Gasteiger partial charge in [-0.3, -0.25) is 9.59 Å². The van der Waals surface area contributed by atoms with Crippen molar-refractivity contribution < 1.29 is 23.5 Å². The van der Waals surface area contributed by atoms with Gasteiger partial charge in [0, 0.05) is 0 Å². The van der Waals surface area contributed by atoms with Crippen molar-refractivity contribution in [1.29, 1.82) is 5.26 Å². The Morgan fingerprint density at radius 1 is 1.08 bits per heavy atom. The van der Waals surface area contributed by atoms with Gasteiger partial charge >= 0.3 is 11.9 Å². The molecule has 0 radical (unpaired) electrons. The Kier molecular flexibility index (Phi) is 6.19. The van der Waals surface area contributed by atoms with E-state index in [0.717, 1.165) is 12.1 Å². The maximum absolute atomic E-state index is 13.9. The maximum atomic E-state index is 13.9. The van der Waals surface area contributed by atoms with E-state index in [0.29, 0.717) is 0 Å². The van der Waals surface area contributed by atoms with Crippen LogP contribution in [0.4, 0.5) is 4.39 Å². The minimum Gasteiger partial charge on any atom is -0.459 e. The third kappa shape index (κ3) is 6.02. The summed E-state index contributed by atoms with van der Waals surface area (Å²) in [6, 6.07) is 3.76. The molecule has 0 fully saturated rings. The van der Waals surface area contributed by atoms with Gasteiger partial charge in [-0.2, -0.15) is 5.26 Å². The van der Waals surface area contributed by atoms with Crippen LogP contribution in [0.25, 0.3) is 0 Å². The highest BCUT2D eigenvalue weighted by Crippen LogP contribution is 2.30. The number of rotatable bonds is 3. The van der Waals surface area contributed by atoms with E-state index in [-0.39, 0.29) is 16.1 Å². The summed E-state index contributed by atoms with van der Waals surface area (Å²) >= 11 is 5.68. The van der Waals surface area contributed by atoms with Crippen molar-refractivity contribution in [3.8, 4) is 6.07 Å². The standard InChI is InChI=1S/C18H21ClFNO4/c1-17(2,3)24-15(22)14(16(23)25-18(4,5)6)11-8-13(20)12(19)7-10(11)9-21/h7-8,14H,1-6H3. The predicted octanol–water partition coefficient (Wildman–Crippen LogP) is 4.12. The lowest BCUT2D eigenvalue weighted by molar-refractivity contribution is -0.169. The summed E-state index contributed by atoms with van der Waals surface area (Å²) < 4.78 is 24.4. The Morgan fingerprint density at radius 3 is 1.88 bits per heavy atom. The summed E-state index contributed by atoms with van der Waals surface area (Å²) in [5.41, 5.74) is -2.01. The summed E-state index contributed by atoms with van der Waals surface area (Å²) in [6.07, 6.45) is 0. The minimum atomic E-state index is -1.60. The topological polar surface area (TPSA) is 76.4 Å². The first-order chi connectivity index (χ1) is 11.2. The largest absolute Gasteiger partial charge is 0.459 e. The highest BCUT2D eigenvalue weighted by Gasteiger charge is 2.38. The number of hydrogen-bond acceptors (Lipinski definition) is 5. The van der Waals surface area contributed by atoms with E-state index in [4.69, 9.17) is 21.1 Å². The molecule has 0 spiro atoms. The molecule has 0 heterocycles. The molecular formula is C18H21ClFNO4. The molecule has 1 aromatic carbocycles. The number of nitrogens with zero attached hydrogens (tertiary/aromatic N) is 1. The smallest absolute Gasteiger partial charge is 0.325 e. The Labute approximate surface area is 151 Å². The number of esters is 2. The van der Waals surface area contributed by atoms with Crippen LogP contribution in [0.15, 0.2) is 12.1 Å². The average Bonchev–Trinajstić information content (AvgIpc) is 2.38. The quantitative estimate of drug-likeness (QED) is 0.591. The van der Waals surface area contributed by atoms with Crippen molar-refractivity contribution in [1.82, 2.24) is 0 Å².